The molecule has 0 aromatic heterocycles. The molecule has 0 saturated carbocycles. The number of rotatable bonds is 3. The average molecular weight is 227 g/mol. The van der Waals surface area contributed by atoms with Gasteiger partial charge in [0.05, 0.1) is 17.7 Å². The number of hydrogen-bond donors (Lipinski definition) is 0. The van der Waals surface area contributed by atoms with E-state index in [-0.39, 0.29) is 23.7 Å². The number of Topliss-reactive ketones (excluding diaryl/α,β-unsaturated/α-hetero) is 1. The van der Waals surface area contributed by atoms with Gasteiger partial charge in [-0.2, -0.15) is 0 Å². The Kier molecular flexibility index (Phi) is 4.13. The molecule has 3 heteroatoms. The van der Waals surface area contributed by atoms with Crippen LogP contribution in [0.2, 0.25) is 0 Å². The normalized spacial score (nSPS) is 28.4. The van der Waals surface area contributed by atoms with E-state index >= 15 is 0 Å². The van der Waals surface area contributed by atoms with E-state index in [1.54, 1.807) is 0 Å². The van der Waals surface area contributed by atoms with Gasteiger partial charge in [0.2, 0.25) is 0 Å². The molecule has 0 aromatic carbocycles. The molecule has 0 aliphatic carbocycles. The van der Waals surface area contributed by atoms with Crippen molar-refractivity contribution in [2.45, 2.75) is 59.3 Å². The second-order valence-corrected chi connectivity index (χ2v) is 5.74. The number of carbonyl (C=O) groups excluding carboxylic acids is 1. The molecule has 0 aromatic rings. The van der Waals surface area contributed by atoms with Crippen LogP contribution in [0.15, 0.2) is 0 Å². The lowest BCUT2D eigenvalue weighted by molar-refractivity contribution is -0.142. The highest BCUT2D eigenvalue weighted by atomic mass is 16.5. The fraction of sp³-hybridized carbons (Fsp3) is 0.923. The van der Waals surface area contributed by atoms with Crippen LogP contribution in [0.3, 0.4) is 0 Å². The molecule has 1 aliphatic heterocycles. The number of nitrogens with zero attached hydrogens (tertiary/aromatic N) is 1. The van der Waals surface area contributed by atoms with Gasteiger partial charge >= 0.3 is 0 Å². The molecule has 1 heterocycles. The largest absolute Gasteiger partial charge is 0.373 e. The van der Waals surface area contributed by atoms with Crippen molar-refractivity contribution in [3.63, 3.8) is 0 Å². The van der Waals surface area contributed by atoms with Crippen molar-refractivity contribution >= 4 is 5.78 Å². The van der Waals surface area contributed by atoms with Gasteiger partial charge in [0.25, 0.3) is 0 Å². The van der Waals surface area contributed by atoms with Crippen molar-refractivity contribution in [2.75, 3.05) is 13.1 Å². The number of ether oxygens (including phenoxy) is 1. The zero-order chi connectivity index (χ0) is 12.5. The predicted molar refractivity (Wildman–Crippen MR) is 65.5 cm³/mol. The lowest BCUT2D eigenvalue weighted by Gasteiger charge is -2.44. The van der Waals surface area contributed by atoms with E-state index in [0.29, 0.717) is 5.78 Å². The molecular weight excluding hydrogens is 202 g/mol. The summed E-state index contributed by atoms with van der Waals surface area (Å²) in [6.45, 7) is 13.8. The SMILES string of the molecule is CC(C)C(=O)C(C)(C)N1C[C@@H](C)O[C@@H](C)C1. The smallest absolute Gasteiger partial charge is 0.155 e. The van der Waals surface area contributed by atoms with E-state index in [1.165, 1.54) is 0 Å². The summed E-state index contributed by atoms with van der Waals surface area (Å²) in [5.41, 5.74) is -0.375. The van der Waals surface area contributed by atoms with E-state index in [1.807, 2.05) is 27.7 Å². The third-order valence-electron chi connectivity index (χ3n) is 3.34. The van der Waals surface area contributed by atoms with Gasteiger partial charge in [0.1, 0.15) is 0 Å². The molecule has 0 spiro atoms. The summed E-state index contributed by atoms with van der Waals surface area (Å²) in [5.74, 6) is 0.400. The van der Waals surface area contributed by atoms with Gasteiger partial charge < -0.3 is 4.74 Å². The van der Waals surface area contributed by atoms with Crippen LogP contribution in [0.4, 0.5) is 0 Å². The molecule has 2 atom stereocenters. The molecule has 1 fully saturated rings. The third kappa shape index (κ3) is 2.83. The van der Waals surface area contributed by atoms with Gasteiger partial charge in [0.15, 0.2) is 5.78 Å². The van der Waals surface area contributed by atoms with Crippen LogP contribution in [0.5, 0.6) is 0 Å². The topological polar surface area (TPSA) is 29.5 Å². The van der Waals surface area contributed by atoms with E-state index < -0.39 is 0 Å². The Morgan fingerprint density at radius 3 is 2.06 bits per heavy atom. The Hall–Kier alpha value is -0.410. The molecule has 0 unspecified atom stereocenters. The summed E-state index contributed by atoms with van der Waals surface area (Å²) >= 11 is 0. The zero-order valence-electron chi connectivity index (χ0n) is 11.4. The van der Waals surface area contributed by atoms with Crippen molar-refractivity contribution < 1.29 is 9.53 Å². The molecule has 3 nitrogen and oxygen atoms in total. The number of carbonyl (C=O) groups is 1. The Bertz CT molecular complexity index is 251. The molecule has 0 amide bonds. The lowest BCUT2D eigenvalue weighted by atomic mass is 9.88. The van der Waals surface area contributed by atoms with Gasteiger partial charge in [-0.05, 0) is 27.7 Å². The van der Waals surface area contributed by atoms with E-state index in [4.69, 9.17) is 4.74 Å². The highest BCUT2D eigenvalue weighted by molar-refractivity contribution is 5.89. The minimum atomic E-state index is -0.375. The lowest BCUT2D eigenvalue weighted by Crippen LogP contribution is -2.59. The maximum Gasteiger partial charge on any atom is 0.155 e. The molecule has 1 rings (SSSR count). The second kappa shape index (κ2) is 4.84. The summed E-state index contributed by atoms with van der Waals surface area (Å²) < 4.78 is 5.70. The highest BCUT2D eigenvalue weighted by Gasteiger charge is 2.39. The van der Waals surface area contributed by atoms with Crippen LogP contribution in [-0.4, -0.2) is 41.5 Å². The van der Waals surface area contributed by atoms with Crippen LogP contribution in [0.1, 0.15) is 41.5 Å². The number of ketones is 1. The highest BCUT2D eigenvalue weighted by Crippen LogP contribution is 2.24. The summed E-state index contributed by atoms with van der Waals surface area (Å²) in [7, 11) is 0. The Labute approximate surface area is 99.1 Å². The van der Waals surface area contributed by atoms with Crippen LogP contribution in [0, 0.1) is 5.92 Å². The summed E-state index contributed by atoms with van der Waals surface area (Å²) in [6.07, 6.45) is 0.422. The summed E-state index contributed by atoms with van der Waals surface area (Å²) in [6, 6.07) is 0. The molecule has 16 heavy (non-hydrogen) atoms. The fourth-order valence-electron chi connectivity index (χ4n) is 2.50. The van der Waals surface area contributed by atoms with Crippen LogP contribution >= 0.6 is 0 Å². The standard InChI is InChI=1S/C13H25NO2/c1-9(2)12(15)13(5,6)14-7-10(3)16-11(4)8-14/h9-11H,7-8H2,1-6H3/t10-,11+. The van der Waals surface area contributed by atoms with Gasteiger partial charge in [-0.15, -0.1) is 0 Å². The average Bonchev–Trinajstić information content (AvgIpc) is 2.14. The first-order valence-corrected chi connectivity index (χ1v) is 6.20. The molecule has 1 saturated heterocycles. The van der Waals surface area contributed by atoms with Gasteiger partial charge in [0, 0.05) is 19.0 Å². The fourth-order valence-corrected chi connectivity index (χ4v) is 2.50. The molecule has 0 N–H and O–H groups in total. The van der Waals surface area contributed by atoms with E-state index in [2.05, 4.69) is 18.7 Å². The monoisotopic (exact) mass is 227 g/mol. The van der Waals surface area contributed by atoms with Crippen molar-refractivity contribution in [3.05, 3.63) is 0 Å². The molecule has 0 radical (unpaired) electrons. The minimum absolute atomic E-state index is 0.0865. The van der Waals surface area contributed by atoms with Crippen molar-refractivity contribution in [3.8, 4) is 0 Å². The van der Waals surface area contributed by atoms with Crippen LogP contribution in [0.25, 0.3) is 0 Å². The van der Waals surface area contributed by atoms with Crippen LogP contribution in [-0.2, 0) is 9.53 Å². The summed E-state index contributed by atoms with van der Waals surface area (Å²) in [4.78, 5) is 14.5. The van der Waals surface area contributed by atoms with Crippen molar-refractivity contribution in [1.29, 1.82) is 0 Å². The first-order valence-electron chi connectivity index (χ1n) is 6.20. The second-order valence-electron chi connectivity index (χ2n) is 5.74. The van der Waals surface area contributed by atoms with Gasteiger partial charge in [-0.25, -0.2) is 0 Å². The first kappa shape index (κ1) is 13.7. The molecule has 94 valence electrons. The molecule has 1 aliphatic rings. The molecular formula is C13H25NO2. The Balaban J connectivity index is 2.78. The van der Waals surface area contributed by atoms with Crippen molar-refractivity contribution in [1.82, 2.24) is 4.90 Å². The molecule has 0 bridgehead atoms. The zero-order valence-corrected chi connectivity index (χ0v) is 11.4. The summed E-state index contributed by atoms with van der Waals surface area (Å²) in [5, 5.41) is 0. The Morgan fingerprint density at radius 2 is 1.69 bits per heavy atom. The quantitative estimate of drug-likeness (QED) is 0.739. The Morgan fingerprint density at radius 1 is 1.25 bits per heavy atom. The maximum atomic E-state index is 12.2. The predicted octanol–water partition coefficient (Wildman–Crippen LogP) is 2.10. The third-order valence-corrected chi connectivity index (χ3v) is 3.34. The van der Waals surface area contributed by atoms with Gasteiger partial charge in [-0.1, -0.05) is 13.8 Å². The number of morpholine rings is 1. The van der Waals surface area contributed by atoms with Gasteiger partial charge in [-0.3, -0.25) is 9.69 Å². The minimum Gasteiger partial charge on any atom is -0.373 e. The van der Waals surface area contributed by atoms with Crippen molar-refractivity contribution in [2.24, 2.45) is 5.92 Å². The first-order chi connectivity index (χ1) is 7.25. The van der Waals surface area contributed by atoms with E-state index in [0.717, 1.165) is 13.1 Å². The van der Waals surface area contributed by atoms with E-state index in [9.17, 15) is 4.79 Å². The van der Waals surface area contributed by atoms with Crippen LogP contribution < -0.4 is 0 Å². The number of hydrogen-bond acceptors (Lipinski definition) is 3. The maximum absolute atomic E-state index is 12.2.